The first-order valence-electron chi connectivity index (χ1n) is 6.55. The Kier molecular flexibility index (Phi) is 5.65. The third-order valence-electron chi connectivity index (χ3n) is 2.60. The molecule has 1 aromatic carbocycles. The third-order valence-corrected chi connectivity index (χ3v) is 3.36. The van der Waals surface area contributed by atoms with Crippen LogP contribution in [0.25, 0.3) is 0 Å². The summed E-state index contributed by atoms with van der Waals surface area (Å²) in [6.45, 7) is 3.03. The molecule has 0 aliphatic carbocycles. The first kappa shape index (κ1) is 15.4. The van der Waals surface area contributed by atoms with Gasteiger partial charge in [0.05, 0.1) is 12.8 Å². The van der Waals surface area contributed by atoms with E-state index in [0.717, 1.165) is 17.5 Å². The van der Waals surface area contributed by atoms with Crippen molar-refractivity contribution in [1.82, 2.24) is 4.98 Å². The second-order valence-electron chi connectivity index (χ2n) is 4.34. The van der Waals surface area contributed by atoms with E-state index in [9.17, 15) is 4.39 Å². The Labute approximate surface area is 126 Å². The summed E-state index contributed by atoms with van der Waals surface area (Å²) in [7, 11) is 0. The Bertz CT molecular complexity index is 615. The summed E-state index contributed by atoms with van der Waals surface area (Å²) in [4.78, 5) is 4.03. The van der Waals surface area contributed by atoms with E-state index < -0.39 is 0 Å². The van der Waals surface area contributed by atoms with Crippen LogP contribution >= 0.6 is 11.3 Å². The third kappa shape index (κ3) is 4.80. The molecule has 112 valence electrons. The first-order valence-corrected chi connectivity index (χ1v) is 7.43. The van der Waals surface area contributed by atoms with E-state index in [4.69, 9.17) is 10.5 Å². The fourth-order valence-corrected chi connectivity index (χ4v) is 2.19. The number of thiazole rings is 1. The molecule has 0 atom stereocenters. The minimum absolute atomic E-state index is 0.289. The van der Waals surface area contributed by atoms with E-state index in [1.165, 1.54) is 23.5 Å². The molecule has 0 radical (unpaired) electrons. The van der Waals surface area contributed by atoms with Gasteiger partial charge in [-0.05, 0) is 24.1 Å². The van der Waals surface area contributed by atoms with Crippen molar-refractivity contribution in [3.05, 3.63) is 40.5 Å². The minimum Gasteiger partial charge on any atom is -0.383 e. The molecule has 0 amide bonds. The smallest absolute Gasteiger partial charge is 0.205 e. The van der Waals surface area contributed by atoms with Crippen LogP contribution in [-0.4, -0.2) is 17.8 Å². The number of nitrogens with two attached hydrogens (primary N) is 1. The van der Waals surface area contributed by atoms with Crippen molar-refractivity contribution in [2.45, 2.75) is 20.0 Å². The van der Waals surface area contributed by atoms with Crippen molar-refractivity contribution in [2.24, 2.45) is 5.10 Å². The van der Waals surface area contributed by atoms with Crippen LogP contribution in [0.4, 0.5) is 15.3 Å². The number of benzene rings is 1. The fourth-order valence-electron chi connectivity index (χ4n) is 1.65. The molecule has 0 saturated heterocycles. The zero-order valence-corrected chi connectivity index (χ0v) is 12.5. The maximum atomic E-state index is 13.3. The molecule has 1 aromatic heterocycles. The van der Waals surface area contributed by atoms with Gasteiger partial charge in [0, 0.05) is 17.6 Å². The number of anilines is 2. The molecule has 0 fully saturated rings. The number of hydrogen-bond acceptors (Lipinski definition) is 6. The average molecular weight is 308 g/mol. The van der Waals surface area contributed by atoms with Crippen molar-refractivity contribution in [3.63, 3.8) is 0 Å². The van der Waals surface area contributed by atoms with Crippen molar-refractivity contribution in [1.29, 1.82) is 0 Å². The molecule has 2 rings (SSSR count). The lowest BCUT2D eigenvalue weighted by Crippen LogP contribution is -2.00. The number of nitrogens with zero attached hydrogens (tertiary/aromatic N) is 2. The number of hydrogen-bond donors (Lipinski definition) is 2. The Morgan fingerprint density at radius 1 is 1.52 bits per heavy atom. The molecule has 0 bridgehead atoms. The molecule has 0 unspecified atom stereocenters. The summed E-state index contributed by atoms with van der Waals surface area (Å²) in [6.07, 6.45) is 2.54. The summed E-state index contributed by atoms with van der Waals surface area (Å²) >= 11 is 1.36. The minimum atomic E-state index is -0.289. The SMILES string of the molecule is CCCOCc1cc(F)ccc1C=NNc1nc(N)cs1. The van der Waals surface area contributed by atoms with E-state index in [1.54, 1.807) is 17.7 Å². The molecule has 2 aromatic rings. The van der Waals surface area contributed by atoms with Gasteiger partial charge in [0.1, 0.15) is 11.6 Å². The first-order chi connectivity index (χ1) is 10.2. The van der Waals surface area contributed by atoms with Crippen molar-refractivity contribution in [2.75, 3.05) is 17.8 Å². The van der Waals surface area contributed by atoms with E-state index in [0.29, 0.717) is 24.2 Å². The van der Waals surface area contributed by atoms with Crippen LogP contribution in [0.5, 0.6) is 0 Å². The van der Waals surface area contributed by atoms with Gasteiger partial charge < -0.3 is 10.5 Å². The highest BCUT2D eigenvalue weighted by Gasteiger charge is 2.03. The predicted molar refractivity (Wildman–Crippen MR) is 84.1 cm³/mol. The number of rotatable bonds is 7. The van der Waals surface area contributed by atoms with Crippen molar-refractivity contribution < 1.29 is 9.13 Å². The molecule has 21 heavy (non-hydrogen) atoms. The maximum Gasteiger partial charge on any atom is 0.205 e. The van der Waals surface area contributed by atoms with Crippen LogP contribution < -0.4 is 11.2 Å². The van der Waals surface area contributed by atoms with E-state index in [1.807, 2.05) is 6.92 Å². The summed E-state index contributed by atoms with van der Waals surface area (Å²) in [5.74, 6) is 0.163. The van der Waals surface area contributed by atoms with Gasteiger partial charge in [-0.3, -0.25) is 5.43 Å². The van der Waals surface area contributed by atoms with Crippen LogP contribution in [0.3, 0.4) is 0 Å². The molecule has 0 spiro atoms. The Morgan fingerprint density at radius 3 is 3.10 bits per heavy atom. The lowest BCUT2D eigenvalue weighted by atomic mass is 10.1. The Balaban J connectivity index is 2.03. The molecule has 0 saturated carbocycles. The number of nitrogen functional groups attached to an aromatic ring is 1. The largest absolute Gasteiger partial charge is 0.383 e. The van der Waals surface area contributed by atoms with Crippen LogP contribution in [0.15, 0.2) is 28.7 Å². The summed E-state index contributed by atoms with van der Waals surface area (Å²) in [5, 5.41) is 6.41. The van der Waals surface area contributed by atoms with Gasteiger partial charge in [-0.25, -0.2) is 9.37 Å². The molecular formula is C14H17FN4OS. The molecule has 0 aliphatic heterocycles. The van der Waals surface area contributed by atoms with Gasteiger partial charge >= 0.3 is 0 Å². The quantitative estimate of drug-likeness (QED) is 0.468. The fraction of sp³-hybridized carbons (Fsp3) is 0.286. The monoisotopic (exact) mass is 308 g/mol. The average Bonchev–Trinajstić information content (AvgIpc) is 2.87. The standard InChI is InChI=1S/C14H17FN4OS/c1-2-5-20-8-11-6-12(15)4-3-10(11)7-17-19-14-18-13(16)9-21-14/h3-4,6-7,9H,2,5,8,16H2,1H3,(H,18,19). The summed E-state index contributed by atoms with van der Waals surface area (Å²) in [6, 6.07) is 4.52. The molecule has 7 heteroatoms. The zero-order chi connectivity index (χ0) is 15.1. The number of halogens is 1. The molecular weight excluding hydrogens is 291 g/mol. The lowest BCUT2D eigenvalue weighted by molar-refractivity contribution is 0.121. The van der Waals surface area contributed by atoms with Crippen LogP contribution in [0.2, 0.25) is 0 Å². The number of hydrazone groups is 1. The van der Waals surface area contributed by atoms with Crippen LogP contribution in [-0.2, 0) is 11.3 Å². The van der Waals surface area contributed by atoms with Crippen molar-refractivity contribution >= 4 is 28.5 Å². The predicted octanol–water partition coefficient (Wildman–Crippen LogP) is 3.24. The van der Waals surface area contributed by atoms with E-state index >= 15 is 0 Å². The normalized spacial score (nSPS) is 11.1. The Hall–Kier alpha value is -1.99. The number of nitrogens with one attached hydrogen (secondary N) is 1. The number of ether oxygens (including phenoxy) is 1. The highest BCUT2D eigenvalue weighted by Crippen LogP contribution is 2.16. The van der Waals surface area contributed by atoms with Crippen LogP contribution in [0, 0.1) is 5.82 Å². The second kappa shape index (κ2) is 7.70. The van der Waals surface area contributed by atoms with Gasteiger partial charge in [-0.15, -0.1) is 11.3 Å². The van der Waals surface area contributed by atoms with Crippen LogP contribution in [0.1, 0.15) is 24.5 Å². The lowest BCUT2D eigenvalue weighted by Gasteiger charge is -2.06. The maximum absolute atomic E-state index is 13.3. The molecule has 3 N–H and O–H groups in total. The Morgan fingerprint density at radius 2 is 2.38 bits per heavy atom. The highest BCUT2D eigenvalue weighted by molar-refractivity contribution is 7.14. The molecule has 5 nitrogen and oxygen atoms in total. The number of aromatic nitrogens is 1. The molecule has 0 aliphatic rings. The van der Waals surface area contributed by atoms with Gasteiger partial charge in [-0.1, -0.05) is 13.0 Å². The van der Waals surface area contributed by atoms with Gasteiger partial charge in [-0.2, -0.15) is 5.10 Å². The summed E-state index contributed by atoms with van der Waals surface area (Å²) < 4.78 is 18.8. The van der Waals surface area contributed by atoms with Gasteiger partial charge in [0.15, 0.2) is 0 Å². The van der Waals surface area contributed by atoms with E-state index in [2.05, 4.69) is 15.5 Å². The topological polar surface area (TPSA) is 72.5 Å². The summed E-state index contributed by atoms with van der Waals surface area (Å²) in [5.41, 5.74) is 9.86. The zero-order valence-electron chi connectivity index (χ0n) is 11.7. The molecule has 1 heterocycles. The highest BCUT2D eigenvalue weighted by atomic mass is 32.1. The van der Waals surface area contributed by atoms with Crippen molar-refractivity contribution in [3.8, 4) is 0 Å². The second-order valence-corrected chi connectivity index (χ2v) is 5.20. The van der Waals surface area contributed by atoms with Gasteiger partial charge in [0.2, 0.25) is 5.13 Å². The van der Waals surface area contributed by atoms with Gasteiger partial charge in [0.25, 0.3) is 0 Å². The van der Waals surface area contributed by atoms with E-state index in [-0.39, 0.29) is 5.82 Å².